The fourth-order valence-corrected chi connectivity index (χ4v) is 7.06. The standard InChI is InChI=1S/C38H39ClFN7O9/c39-28-9-10-29(47-20-41-43-44-47)27(33(28)40)8-11-32(51)46-17-14-25-24(21-12-15-45(16-13-21)18-30(49)35(52)36(53)31(50)19-48)2-1-3-26(25)34(46)37(54)42-23-6-4-22(5-7-23)38(55)56/h1-12,20,30-31,34-36,48-50,52-53H,13-19H2,(H,42,54)(H,55,56)/b11-8+/t30-,31+,34-,35+,36+/m0/s1. The van der Waals surface area contributed by atoms with Crippen LogP contribution in [0.3, 0.4) is 0 Å². The highest BCUT2D eigenvalue weighted by atomic mass is 35.5. The normalized spacial score (nSPS) is 18.2. The number of anilines is 1. The minimum absolute atomic E-state index is 0.0103. The van der Waals surface area contributed by atoms with Gasteiger partial charge in [0.15, 0.2) is 5.82 Å². The molecule has 16 nitrogen and oxygen atoms in total. The van der Waals surface area contributed by atoms with Crippen molar-refractivity contribution >= 4 is 46.7 Å². The van der Waals surface area contributed by atoms with Gasteiger partial charge in [-0.2, -0.15) is 4.68 Å². The molecule has 3 aromatic carbocycles. The molecular weight excluding hydrogens is 753 g/mol. The van der Waals surface area contributed by atoms with Gasteiger partial charge in [0, 0.05) is 43.5 Å². The minimum atomic E-state index is -1.73. The number of nitrogens with zero attached hydrogens (tertiary/aromatic N) is 6. The van der Waals surface area contributed by atoms with Crippen molar-refractivity contribution in [1.82, 2.24) is 30.0 Å². The Hall–Kier alpha value is -5.40. The van der Waals surface area contributed by atoms with E-state index in [4.69, 9.17) is 16.7 Å². The van der Waals surface area contributed by atoms with E-state index in [1.54, 1.807) is 12.1 Å². The van der Waals surface area contributed by atoms with Crippen LogP contribution in [0.5, 0.6) is 0 Å². The number of β-amino-alcohol motifs (C(OH)–C–C–N with tert-alkyl or cyclic N) is 1. The average molecular weight is 792 g/mol. The third-order valence-corrected chi connectivity index (χ3v) is 10.2. The SMILES string of the molecule is O=C(O)c1ccc(NC(=O)[C@@H]2c3cccc(C4=CCN(C[C@H](O)[C@@H](O)[C@H](O)[C@H](O)CO)CC4)c3CCN2C(=O)/C=C/c2c(-n3cnnn3)ccc(Cl)c2F)cc1. The summed E-state index contributed by atoms with van der Waals surface area (Å²) in [4.78, 5) is 42.8. The van der Waals surface area contributed by atoms with Crippen molar-refractivity contribution in [2.75, 3.05) is 38.1 Å². The number of tetrazole rings is 1. The number of amides is 2. The van der Waals surface area contributed by atoms with Crippen LogP contribution in [0, 0.1) is 5.82 Å². The van der Waals surface area contributed by atoms with Gasteiger partial charge < -0.3 is 40.9 Å². The lowest BCUT2D eigenvalue weighted by Gasteiger charge is -2.37. The summed E-state index contributed by atoms with van der Waals surface area (Å²) in [6.45, 7) is 0.159. The van der Waals surface area contributed by atoms with Crippen LogP contribution < -0.4 is 5.32 Å². The first kappa shape index (κ1) is 40.3. The summed E-state index contributed by atoms with van der Waals surface area (Å²) in [5, 5.41) is 72.5. The molecule has 18 heteroatoms. The van der Waals surface area contributed by atoms with E-state index >= 15 is 4.39 Å². The van der Waals surface area contributed by atoms with E-state index < -0.39 is 60.7 Å². The van der Waals surface area contributed by atoms with Gasteiger partial charge in [-0.3, -0.25) is 14.5 Å². The molecule has 0 bridgehead atoms. The van der Waals surface area contributed by atoms with Crippen molar-refractivity contribution in [2.45, 2.75) is 43.3 Å². The number of aromatic carboxylic acids is 1. The molecule has 0 unspecified atom stereocenters. The molecule has 0 aliphatic carbocycles. The van der Waals surface area contributed by atoms with Gasteiger partial charge >= 0.3 is 5.97 Å². The third-order valence-electron chi connectivity index (χ3n) is 9.86. The first-order valence-electron chi connectivity index (χ1n) is 17.6. The fraction of sp³-hybridized carbons (Fsp3) is 0.316. The topological polar surface area (TPSA) is 235 Å². The van der Waals surface area contributed by atoms with E-state index in [1.165, 1.54) is 58.4 Å². The van der Waals surface area contributed by atoms with E-state index in [-0.39, 0.29) is 34.9 Å². The van der Waals surface area contributed by atoms with Crippen LogP contribution in [0.15, 0.2) is 73.1 Å². The summed E-state index contributed by atoms with van der Waals surface area (Å²) in [6, 6.07) is 12.7. The molecule has 2 amide bonds. The summed E-state index contributed by atoms with van der Waals surface area (Å²) in [6.07, 6.45) is 0.0740. The molecule has 294 valence electrons. The van der Waals surface area contributed by atoms with Crippen LogP contribution >= 0.6 is 11.6 Å². The number of fused-ring (bicyclic) bond motifs is 1. The fourth-order valence-electron chi connectivity index (χ4n) is 6.89. The van der Waals surface area contributed by atoms with E-state index in [0.717, 1.165) is 22.8 Å². The lowest BCUT2D eigenvalue weighted by atomic mass is 9.84. The second-order valence-electron chi connectivity index (χ2n) is 13.3. The Labute approximate surface area is 324 Å². The smallest absolute Gasteiger partial charge is 0.335 e. The van der Waals surface area contributed by atoms with Crippen LogP contribution in [-0.4, -0.2) is 136 Å². The van der Waals surface area contributed by atoms with Crippen LogP contribution in [0.1, 0.15) is 45.1 Å². The lowest BCUT2D eigenvalue weighted by molar-refractivity contribution is -0.135. The Bertz CT molecular complexity index is 2130. The molecule has 0 saturated heterocycles. The number of carbonyl (C=O) groups excluding carboxylic acids is 2. The number of aromatic nitrogens is 4. The maximum absolute atomic E-state index is 15.3. The van der Waals surface area contributed by atoms with Gasteiger partial charge in [-0.25, -0.2) is 9.18 Å². The van der Waals surface area contributed by atoms with Gasteiger partial charge in [0.05, 0.1) is 29.0 Å². The van der Waals surface area contributed by atoms with E-state index in [2.05, 4.69) is 20.8 Å². The lowest BCUT2D eigenvalue weighted by Crippen LogP contribution is -2.50. The van der Waals surface area contributed by atoms with Gasteiger partial charge in [0.25, 0.3) is 5.91 Å². The van der Waals surface area contributed by atoms with E-state index in [9.17, 15) is 39.9 Å². The second kappa shape index (κ2) is 17.6. The average Bonchev–Trinajstić information content (AvgIpc) is 3.75. The van der Waals surface area contributed by atoms with Crippen LogP contribution in [0.4, 0.5) is 10.1 Å². The zero-order valence-corrected chi connectivity index (χ0v) is 30.4. The number of hydrogen-bond donors (Lipinski definition) is 7. The maximum Gasteiger partial charge on any atom is 0.335 e. The van der Waals surface area contributed by atoms with Crippen molar-refractivity contribution in [1.29, 1.82) is 0 Å². The number of hydrogen-bond acceptors (Lipinski definition) is 12. The molecule has 3 heterocycles. The third kappa shape index (κ3) is 8.69. The molecule has 56 heavy (non-hydrogen) atoms. The predicted octanol–water partition coefficient (Wildman–Crippen LogP) is 1.46. The van der Waals surface area contributed by atoms with Crippen molar-refractivity contribution in [3.8, 4) is 5.69 Å². The van der Waals surface area contributed by atoms with Crippen LogP contribution in [0.25, 0.3) is 17.3 Å². The summed E-state index contributed by atoms with van der Waals surface area (Å²) in [5.74, 6) is -3.11. The van der Waals surface area contributed by atoms with E-state index in [0.29, 0.717) is 37.2 Å². The Kier molecular flexibility index (Phi) is 12.7. The maximum atomic E-state index is 15.3. The quantitative estimate of drug-likeness (QED) is 0.0952. The molecule has 0 spiro atoms. The largest absolute Gasteiger partial charge is 0.478 e. The number of aliphatic hydroxyl groups excluding tert-OH is 5. The summed E-state index contributed by atoms with van der Waals surface area (Å²) in [7, 11) is 0. The molecule has 0 saturated carbocycles. The van der Waals surface area contributed by atoms with Crippen molar-refractivity contribution < 1.29 is 49.4 Å². The molecular formula is C38H39ClFN7O9. The zero-order valence-electron chi connectivity index (χ0n) is 29.7. The molecule has 0 radical (unpaired) electrons. The Morgan fingerprint density at radius 2 is 1.73 bits per heavy atom. The number of halogens is 2. The van der Waals surface area contributed by atoms with Crippen molar-refractivity contribution in [3.63, 3.8) is 0 Å². The number of aliphatic hydroxyl groups is 5. The molecule has 0 fully saturated rings. The number of benzene rings is 3. The van der Waals surface area contributed by atoms with Crippen LogP contribution in [0.2, 0.25) is 5.02 Å². The van der Waals surface area contributed by atoms with Gasteiger partial charge in [-0.15, -0.1) is 5.10 Å². The monoisotopic (exact) mass is 791 g/mol. The van der Waals surface area contributed by atoms with Gasteiger partial charge in [0.1, 0.15) is 30.7 Å². The number of nitrogens with one attached hydrogen (secondary N) is 1. The summed E-state index contributed by atoms with van der Waals surface area (Å²) < 4.78 is 16.6. The highest BCUT2D eigenvalue weighted by molar-refractivity contribution is 6.31. The minimum Gasteiger partial charge on any atom is -0.478 e. The Morgan fingerprint density at radius 3 is 2.39 bits per heavy atom. The molecule has 2 aliphatic heterocycles. The van der Waals surface area contributed by atoms with E-state index in [1.807, 2.05) is 17.0 Å². The van der Waals surface area contributed by atoms with Crippen LogP contribution in [-0.2, 0) is 16.0 Å². The summed E-state index contributed by atoms with van der Waals surface area (Å²) in [5.41, 5.74) is 3.69. The first-order chi connectivity index (χ1) is 26.9. The predicted molar refractivity (Wildman–Crippen MR) is 200 cm³/mol. The molecule has 5 atom stereocenters. The molecule has 2 aliphatic rings. The molecule has 7 N–H and O–H groups in total. The summed E-state index contributed by atoms with van der Waals surface area (Å²) >= 11 is 6.08. The number of rotatable bonds is 13. The molecule has 6 rings (SSSR count). The molecule has 1 aromatic heterocycles. The highest BCUT2D eigenvalue weighted by Gasteiger charge is 2.37. The number of carboxylic acids is 1. The Balaban J connectivity index is 1.28. The number of carbonyl (C=O) groups is 3. The van der Waals surface area contributed by atoms with Crippen molar-refractivity contribution in [2.24, 2.45) is 0 Å². The van der Waals surface area contributed by atoms with Gasteiger partial charge in [-0.1, -0.05) is 35.9 Å². The van der Waals surface area contributed by atoms with Crippen molar-refractivity contribution in [3.05, 3.63) is 112 Å². The van der Waals surface area contributed by atoms with Gasteiger partial charge in [-0.05, 0) is 88.0 Å². The number of carboxylic acid groups (broad SMARTS) is 1. The molecule has 4 aromatic rings. The highest BCUT2D eigenvalue weighted by Crippen LogP contribution is 2.37. The second-order valence-corrected chi connectivity index (χ2v) is 13.8. The first-order valence-corrected chi connectivity index (χ1v) is 18.0. The zero-order chi connectivity index (χ0) is 40.1. The Morgan fingerprint density at radius 1 is 0.982 bits per heavy atom. The van der Waals surface area contributed by atoms with Gasteiger partial charge in [0.2, 0.25) is 5.91 Å².